The third kappa shape index (κ3) is 1.78. The molecule has 0 saturated carbocycles. The number of carbonyl (C=O) groups is 1. The Morgan fingerprint density at radius 1 is 1.60 bits per heavy atom. The zero-order valence-electron chi connectivity index (χ0n) is 6.17. The Morgan fingerprint density at radius 2 is 2.20 bits per heavy atom. The average molecular weight is 142 g/mol. The molecule has 1 aliphatic rings. The van der Waals surface area contributed by atoms with Crippen LogP contribution in [0.15, 0.2) is 0 Å². The number of hydrogen-bond acceptors (Lipinski definition) is 2. The molecule has 57 valence electrons. The molecule has 1 aliphatic heterocycles. The fraction of sp³-hybridized carbons (Fsp3) is 0.857. The lowest BCUT2D eigenvalue weighted by atomic mass is 10.1. The number of rotatable bonds is 3. The number of ketones is 1. The molecule has 0 aromatic rings. The van der Waals surface area contributed by atoms with Crippen molar-refractivity contribution in [3.63, 3.8) is 0 Å². The molecule has 1 atom stereocenters. The van der Waals surface area contributed by atoms with Gasteiger partial charge in [0.2, 0.25) is 0 Å². The van der Waals surface area contributed by atoms with Crippen molar-refractivity contribution in [3.05, 3.63) is 0 Å². The topological polar surface area (TPSA) is 40.2 Å². The summed E-state index contributed by atoms with van der Waals surface area (Å²) in [5, 5.41) is 11.0. The second-order valence-corrected chi connectivity index (χ2v) is 2.75. The summed E-state index contributed by atoms with van der Waals surface area (Å²) in [5.41, 5.74) is 0. The van der Waals surface area contributed by atoms with Gasteiger partial charge in [-0.3, -0.25) is 9.69 Å². The highest BCUT2D eigenvalue weighted by Gasteiger charge is 2.23. The number of Topliss-reactive ketones (excluding diaryl/α,β-unsaturated/α-hetero) is 1. The van der Waals surface area contributed by atoms with E-state index in [1.165, 1.54) is 6.92 Å². The summed E-state index contributed by atoms with van der Waals surface area (Å²) in [4.78, 5) is 12.3. The third-order valence-electron chi connectivity index (χ3n) is 1.76. The van der Waals surface area contributed by atoms with Crippen LogP contribution in [0.2, 0.25) is 0 Å². The standard InChI is InChI=1S/C7H12NO2/c1-6(9)5-7(10)8-3-2-4-8/h7H,2-5H2,1H3. The molecular weight excluding hydrogens is 130 g/mol. The van der Waals surface area contributed by atoms with Gasteiger partial charge in [-0.15, -0.1) is 0 Å². The van der Waals surface area contributed by atoms with E-state index in [2.05, 4.69) is 0 Å². The highest BCUT2D eigenvalue weighted by Crippen LogP contribution is 2.11. The van der Waals surface area contributed by atoms with Gasteiger partial charge >= 0.3 is 0 Å². The quantitative estimate of drug-likeness (QED) is 0.573. The van der Waals surface area contributed by atoms with Crippen LogP contribution >= 0.6 is 0 Å². The highest BCUT2D eigenvalue weighted by molar-refractivity contribution is 5.75. The van der Waals surface area contributed by atoms with Crippen molar-refractivity contribution in [2.75, 3.05) is 13.1 Å². The predicted molar refractivity (Wildman–Crippen MR) is 36.0 cm³/mol. The van der Waals surface area contributed by atoms with E-state index in [-0.39, 0.29) is 12.2 Å². The monoisotopic (exact) mass is 142 g/mol. The maximum Gasteiger partial charge on any atom is 0.153 e. The summed E-state index contributed by atoms with van der Waals surface area (Å²) in [6.45, 7) is 3.22. The van der Waals surface area contributed by atoms with E-state index in [4.69, 9.17) is 0 Å². The lowest BCUT2D eigenvalue weighted by Gasteiger charge is -2.33. The van der Waals surface area contributed by atoms with Crippen LogP contribution in [0.4, 0.5) is 0 Å². The van der Waals surface area contributed by atoms with E-state index in [1.807, 2.05) is 0 Å². The van der Waals surface area contributed by atoms with Crippen molar-refractivity contribution < 1.29 is 9.90 Å². The van der Waals surface area contributed by atoms with Gasteiger partial charge in [0.25, 0.3) is 0 Å². The molecule has 1 rings (SSSR count). The molecule has 1 heterocycles. The molecule has 10 heavy (non-hydrogen) atoms. The van der Waals surface area contributed by atoms with Gasteiger partial charge in [0.15, 0.2) is 6.23 Å². The minimum absolute atomic E-state index is 0.00750. The Morgan fingerprint density at radius 3 is 2.50 bits per heavy atom. The molecule has 0 spiro atoms. The molecule has 0 aliphatic carbocycles. The van der Waals surface area contributed by atoms with Crippen LogP contribution in [0, 0.1) is 0 Å². The molecule has 1 unspecified atom stereocenters. The van der Waals surface area contributed by atoms with Crippen molar-refractivity contribution in [1.29, 1.82) is 0 Å². The molecule has 3 heteroatoms. The molecule has 1 radical (unpaired) electrons. The zero-order chi connectivity index (χ0) is 7.56. The SMILES string of the molecule is CC(=O)CC([O])N1CCC1. The fourth-order valence-corrected chi connectivity index (χ4v) is 1.00. The van der Waals surface area contributed by atoms with Crippen LogP contribution < -0.4 is 0 Å². The Balaban J connectivity index is 2.19. The maximum absolute atomic E-state index is 11.0. The number of likely N-dealkylation sites (tertiary alicyclic amines) is 1. The second kappa shape index (κ2) is 3.12. The van der Waals surface area contributed by atoms with E-state index >= 15 is 0 Å². The lowest BCUT2D eigenvalue weighted by molar-refractivity contribution is -0.129. The molecule has 1 saturated heterocycles. The minimum Gasteiger partial charge on any atom is -0.300 e. The summed E-state index contributed by atoms with van der Waals surface area (Å²) in [7, 11) is 0. The Hall–Kier alpha value is -0.410. The lowest BCUT2D eigenvalue weighted by Crippen LogP contribution is -2.45. The Bertz CT molecular complexity index is 132. The van der Waals surface area contributed by atoms with Gasteiger partial charge in [-0.2, -0.15) is 0 Å². The zero-order valence-corrected chi connectivity index (χ0v) is 6.17. The van der Waals surface area contributed by atoms with Crippen LogP contribution in [0.5, 0.6) is 0 Å². The maximum atomic E-state index is 11.0. The number of hydrogen-bond donors (Lipinski definition) is 0. The number of carbonyl (C=O) groups excluding carboxylic acids is 1. The van der Waals surface area contributed by atoms with E-state index in [0.717, 1.165) is 19.5 Å². The molecule has 1 fully saturated rings. The van der Waals surface area contributed by atoms with Crippen LogP contribution in [0.3, 0.4) is 0 Å². The largest absolute Gasteiger partial charge is 0.300 e. The first kappa shape index (κ1) is 7.69. The van der Waals surface area contributed by atoms with Gasteiger partial charge < -0.3 is 0 Å². The van der Waals surface area contributed by atoms with Crippen LogP contribution in [0.1, 0.15) is 19.8 Å². The van der Waals surface area contributed by atoms with Crippen LogP contribution in [0.25, 0.3) is 0 Å². The first-order chi connectivity index (χ1) is 4.70. The molecule has 0 amide bonds. The van der Waals surface area contributed by atoms with Gasteiger partial charge in [0.05, 0.1) is 0 Å². The fourth-order valence-electron chi connectivity index (χ4n) is 1.00. The Labute approximate surface area is 60.6 Å². The molecule has 3 nitrogen and oxygen atoms in total. The van der Waals surface area contributed by atoms with Crippen molar-refractivity contribution >= 4 is 5.78 Å². The summed E-state index contributed by atoms with van der Waals surface area (Å²) in [5.74, 6) is -0.00750. The predicted octanol–water partition coefficient (Wildman–Crippen LogP) is 0.428. The van der Waals surface area contributed by atoms with Gasteiger partial charge in [0, 0.05) is 19.5 Å². The summed E-state index contributed by atoms with van der Waals surface area (Å²) >= 11 is 0. The third-order valence-corrected chi connectivity index (χ3v) is 1.76. The highest BCUT2D eigenvalue weighted by atomic mass is 16.3. The first-order valence-corrected chi connectivity index (χ1v) is 3.59. The number of nitrogens with zero attached hydrogens (tertiary/aromatic N) is 1. The normalized spacial score (nSPS) is 21.8. The molecule has 0 aromatic heterocycles. The van der Waals surface area contributed by atoms with Gasteiger partial charge in [-0.25, -0.2) is 5.11 Å². The molecule has 0 aromatic carbocycles. The van der Waals surface area contributed by atoms with E-state index in [9.17, 15) is 9.90 Å². The van der Waals surface area contributed by atoms with Crippen LogP contribution in [-0.4, -0.2) is 30.0 Å². The van der Waals surface area contributed by atoms with Crippen LogP contribution in [-0.2, 0) is 9.90 Å². The second-order valence-electron chi connectivity index (χ2n) is 2.75. The van der Waals surface area contributed by atoms with Gasteiger partial charge in [0.1, 0.15) is 5.78 Å². The van der Waals surface area contributed by atoms with Crippen molar-refractivity contribution in [2.24, 2.45) is 0 Å². The summed E-state index contributed by atoms with van der Waals surface area (Å²) in [6.07, 6.45) is 0.502. The molecular formula is C7H12NO2. The summed E-state index contributed by atoms with van der Waals surface area (Å²) in [6, 6.07) is 0. The first-order valence-electron chi connectivity index (χ1n) is 3.59. The molecule has 0 N–H and O–H groups in total. The van der Waals surface area contributed by atoms with E-state index in [0.29, 0.717) is 0 Å². The van der Waals surface area contributed by atoms with Gasteiger partial charge in [-0.1, -0.05) is 0 Å². The summed E-state index contributed by atoms with van der Waals surface area (Å²) < 4.78 is 0. The smallest absolute Gasteiger partial charge is 0.153 e. The van der Waals surface area contributed by atoms with Gasteiger partial charge in [-0.05, 0) is 13.3 Å². The van der Waals surface area contributed by atoms with E-state index in [1.54, 1.807) is 4.90 Å². The van der Waals surface area contributed by atoms with Crippen molar-refractivity contribution in [1.82, 2.24) is 4.90 Å². The Kier molecular flexibility index (Phi) is 2.40. The average Bonchev–Trinajstić information content (AvgIpc) is 1.55. The van der Waals surface area contributed by atoms with Crippen molar-refractivity contribution in [3.8, 4) is 0 Å². The minimum atomic E-state index is -0.772. The van der Waals surface area contributed by atoms with Crippen molar-refractivity contribution in [2.45, 2.75) is 26.0 Å². The molecule has 0 bridgehead atoms. The van der Waals surface area contributed by atoms with E-state index < -0.39 is 6.23 Å².